The molecule has 1 heterocycles. The molecule has 0 aliphatic heterocycles. The Morgan fingerprint density at radius 2 is 1.81 bits per heavy atom. The lowest BCUT2D eigenvalue weighted by Crippen LogP contribution is -2.39. The molecule has 0 unspecified atom stereocenters. The number of nitrogens with one attached hydrogen (secondary N) is 2. The number of carbonyl (C=O) groups excluding carboxylic acids is 1. The van der Waals surface area contributed by atoms with Crippen molar-refractivity contribution in [1.82, 2.24) is 4.72 Å². The van der Waals surface area contributed by atoms with Crippen LogP contribution in [0.5, 0.6) is 0 Å². The molecular weight excluding hydrogens is 368 g/mol. The van der Waals surface area contributed by atoms with Gasteiger partial charge in [-0.25, -0.2) is 17.9 Å². The molecule has 2 aromatic rings. The van der Waals surface area contributed by atoms with Crippen LogP contribution in [0.25, 0.3) is 11.0 Å². The molecule has 148 valence electrons. The van der Waals surface area contributed by atoms with Crippen molar-refractivity contribution in [2.24, 2.45) is 0 Å². The van der Waals surface area contributed by atoms with Gasteiger partial charge in [-0.1, -0.05) is 0 Å². The van der Waals surface area contributed by atoms with Gasteiger partial charge in [0.25, 0.3) is 0 Å². The highest BCUT2D eigenvalue weighted by molar-refractivity contribution is 7.90. The summed E-state index contributed by atoms with van der Waals surface area (Å²) in [6, 6.07) is 6.38. The first-order valence-electron chi connectivity index (χ1n) is 8.84. The summed E-state index contributed by atoms with van der Waals surface area (Å²) in [6.45, 7) is 7.07. The molecule has 0 atom stereocenters. The normalized spacial score (nSPS) is 12.3. The van der Waals surface area contributed by atoms with Crippen molar-refractivity contribution in [3.05, 3.63) is 40.2 Å². The van der Waals surface area contributed by atoms with Crippen LogP contribution in [0.1, 0.15) is 45.6 Å². The first-order chi connectivity index (χ1) is 12.5. The quantitative estimate of drug-likeness (QED) is 0.555. The number of sulfonamides is 1. The minimum atomic E-state index is -3.36. The zero-order valence-corrected chi connectivity index (χ0v) is 16.9. The van der Waals surface area contributed by atoms with Gasteiger partial charge < -0.3 is 9.73 Å². The molecule has 0 spiro atoms. The number of hydrogen-bond donors (Lipinski definition) is 2. The number of rotatable bonds is 7. The van der Waals surface area contributed by atoms with Crippen molar-refractivity contribution in [3.63, 3.8) is 0 Å². The summed E-state index contributed by atoms with van der Waals surface area (Å²) in [5.41, 5.74) is 1.54. The number of anilines is 1. The van der Waals surface area contributed by atoms with Crippen molar-refractivity contribution in [2.45, 2.75) is 51.7 Å². The van der Waals surface area contributed by atoms with Crippen LogP contribution in [0.15, 0.2) is 33.5 Å². The van der Waals surface area contributed by atoms with Crippen molar-refractivity contribution in [2.75, 3.05) is 11.9 Å². The molecule has 0 fully saturated rings. The molecule has 27 heavy (non-hydrogen) atoms. The molecule has 2 N–H and O–H groups in total. The van der Waals surface area contributed by atoms with Gasteiger partial charge in [-0.05, 0) is 64.3 Å². The van der Waals surface area contributed by atoms with E-state index in [2.05, 4.69) is 10.0 Å². The number of benzene rings is 1. The first-order valence-corrected chi connectivity index (χ1v) is 10.3. The molecule has 0 aliphatic rings. The summed E-state index contributed by atoms with van der Waals surface area (Å²) in [4.78, 5) is 23.4. The second kappa shape index (κ2) is 8.22. The zero-order chi connectivity index (χ0) is 20.2. The monoisotopic (exact) mass is 394 g/mol. The van der Waals surface area contributed by atoms with Crippen LogP contribution in [0.3, 0.4) is 0 Å². The van der Waals surface area contributed by atoms with Crippen LogP contribution in [0.4, 0.5) is 5.69 Å². The fourth-order valence-electron chi connectivity index (χ4n) is 2.48. The molecule has 0 saturated carbocycles. The molecule has 8 heteroatoms. The van der Waals surface area contributed by atoms with E-state index in [9.17, 15) is 18.0 Å². The largest absolute Gasteiger partial charge is 0.423 e. The number of unbranched alkanes of at least 4 members (excludes halogenated alkanes) is 1. The third-order valence-corrected chi connectivity index (χ3v) is 6.47. The second-order valence-electron chi connectivity index (χ2n) is 7.42. The molecule has 7 nitrogen and oxygen atoms in total. The van der Waals surface area contributed by atoms with Gasteiger partial charge in [-0.15, -0.1) is 0 Å². The summed E-state index contributed by atoms with van der Waals surface area (Å²) < 4.78 is 30.7. The van der Waals surface area contributed by atoms with Gasteiger partial charge in [0.05, 0.1) is 4.75 Å². The molecule has 2 rings (SSSR count). The Balaban J connectivity index is 1.86. The molecule has 1 aromatic carbocycles. The fraction of sp³-hybridized carbons (Fsp3) is 0.474. The summed E-state index contributed by atoms with van der Waals surface area (Å²) in [6.07, 6.45) is 1.43. The van der Waals surface area contributed by atoms with Gasteiger partial charge in [0, 0.05) is 30.1 Å². The average molecular weight is 394 g/mol. The molecule has 0 bridgehead atoms. The van der Waals surface area contributed by atoms with Gasteiger partial charge in [0.1, 0.15) is 5.58 Å². The number of amides is 1. The molecule has 1 amide bonds. The predicted molar refractivity (Wildman–Crippen MR) is 106 cm³/mol. The predicted octanol–water partition coefficient (Wildman–Crippen LogP) is 2.93. The van der Waals surface area contributed by atoms with Gasteiger partial charge in [-0.3, -0.25) is 4.79 Å². The Morgan fingerprint density at radius 1 is 1.11 bits per heavy atom. The number of hydrogen-bond acceptors (Lipinski definition) is 5. The Morgan fingerprint density at radius 3 is 2.48 bits per heavy atom. The van der Waals surface area contributed by atoms with Crippen molar-refractivity contribution in [1.29, 1.82) is 0 Å². The molecule has 0 saturated heterocycles. The highest BCUT2D eigenvalue weighted by Gasteiger charge is 2.27. The lowest BCUT2D eigenvalue weighted by molar-refractivity contribution is -0.116. The summed E-state index contributed by atoms with van der Waals surface area (Å²) >= 11 is 0. The smallest absolute Gasteiger partial charge is 0.336 e. The lowest BCUT2D eigenvalue weighted by Gasteiger charge is -2.19. The van der Waals surface area contributed by atoms with Crippen LogP contribution in [0, 0.1) is 6.92 Å². The van der Waals surface area contributed by atoms with Gasteiger partial charge in [0.2, 0.25) is 15.9 Å². The Bertz CT molecular complexity index is 987. The van der Waals surface area contributed by atoms with Gasteiger partial charge >= 0.3 is 5.63 Å². The minimum Gasteiger partial charge on any atom is -0.423 e. The summed E-state index contributed by atoms with van der Waals surface area (Å²) in [5, 5.41) is 3.62. The molecule has 1 aromatic heterocycles. The van der Waals surface area contributed by atoms with Gasteiger partial charge in [-0.2, -0.15) is 0 Å². The summed E-state index contributed by atoms with van der Waals surface area (Å²) in [5.74, 6) is -0.145. The van der Waals surface area contributed by atoms with Gasteiger partial charge in [0.15, 0.2) is 0 Å². The highest BCUT2D eigenvalue weighted by atomic mass is 32.2. The third kappa shape index (κ3) is 5.40. The van der Waals surface area contributed by atoms with E-state index in [-0.39, 0.29) is 5.91 Å². The Kier molecular flexibility index (Phi) is 6.43. The Labute approximate surface area is 159 Å². The zero-order valence-electron chi connectivity index (χ0n) is 16.1. The van der Waals surface area contributed by atoms with E-state index >= 15 is 0 Å². The third-order valence-electron chi connectivity index (χ3n) is 4.27. The number of carbonyl (C=O) groups is 1. The Hall–Kier alpha value is -2.19. The maximum Gasteiger partial charge on any atom is 0.336 e. The maximum atomic E-state index is 12.2. The van der Waals surface area contributed by atoms with Crippen LogP contribution >= 0.6 is 0 Å². The second-order valence-corrected chi connectivity index (χ2v) is 9.94. The van der Waals surface area contributed by atoms with E-state index in [4.69, 9.17) is 4.42 Å². The standard InChI is InChI=1S/C19H26N2O5S/c1-13-14-8-11-18(23)26-16(14)10-9-15(13)21-17(22)7-5-6-12-20-27(24,25)19(2,3)4/h8-11,20H,5-7,12H2,1-4H3,(H,21,22). The number of aryl methyl sites for hydroxylation is 1. The number of fused-ring (bicyclic) bond motifs is 1. The molecule has 0 radical (unpaired) electrons. The topological polar surface area (TPSA) is 105 Å². The van der Waals surface area contributed by atoms with Crippen molar-refractivity contribution < 1.29 is 17.6 Å². The first kappa shape index (κ1) is 21.1. The van der Waals surface area contributed by atoms with Crippen LogP contribution in [0.2, 0.25) is 0 Å². The highest BCUT2D eigenvalue weighted by Crippen LogP contribution is 2.24. The van der Waals surface area contributed by atoms with Crippen LogP contribution in [-0.4, -0.2) is 25.6 Å². The van der Waals surface area contributed by atoms with Crippen molar-refractivity contribution >= 4 is 32.6 Å². The SMILES string of the molecule is Cc1c(NC(=O)CCCCNS(=O)(=O)C(C)(C)C)ccc2oc(=O)ccc12. The maximum absolute atomic E-state index is 12.2. The molecular formula is C19H26N2O5S. The average Bonchev–Trinajstić information content (AvgIpc) is 2.56. The molecule has 0 aliphatic carbocycles. The van der Waals surface area contributed by atoms with Crippen LogP contribution in [-0.2, 0) is 14.8 Å². The van der Waals surface area contributed by atoms with Crippen LogP contribution < -0.4 is 15.7 Å². The fourth-order valence-corrected chi connectivity index (χ4v) is 3.32. The van der Waals surface area contributed by atoms with E-state index < -0.39 is 20.4 Å². The van der Waals surface area contributed by atoms with Crippen molar-refractivity contribution in [3.8, 4) is 0 Å². The van der Waals surface area contributed by atoms with E-state index in [1.54, 1.807) is 39.0 Å². The van der Waals surface area contributed by atoms with E-state index in [0.717, 1.165) is 10.9 Å². The van der Waals surface area contributed by atoms with E-state index in [0.29, 0.717) is 37.1 Å². The van der Waals surface area contributed by atoms with E-state index in [1.165, 1.54) is 6.07 Å². The summed E-state index contributed by atoms with van der Waals surface area (Å²) in [7, 11) is -3.36. The minimum absolute atomic E-state index is 0.145. The van der Waals surface area contributed by atoms with E-state index in [1.807, 2.05) is 6.92 Å². The lowest BCUT2D eigenvalue weighted by atomic mass is 10.1.